The van der Waals surface area contributed by atoms with E-state index < -0.39 is 0 Å². The first-order valence-corrected chi connectivity index (χ1v) is 6.16. The fourth-order valence-corrected chi connectivity index (χ4v) is 2.52. The third-order valence-electron chi connectivity index (χ3n) is 3.51. The summed E-state index contributed by atoms with van der Waals surface area (Å²) in [6.07, 6.45) is 2.32. The van der Waals surface area contributed by atoms with Crippen molar-refractivity contribution in [3.8, 4) is 0 Å². The molecule has 0 saturated carbocycles. The van der Waals surface area contributed by atoms with Crippen molar-refractivity contribution in [2.75, 3.05) is 6.61 Å². The largest absolute Gasteiger partial charge is 0.394 e. The Morgan fingerprint density at radius 2 is 1.88 bits per heavy atom. The maximum atomic E-state index is 11.9. The smallest absolute Gasteiger partial charge is 0.237 e. The zero-order valence-corrected chi connectivity index (χ0v) is 10.7. The van der Waals surface area contributed by atoms with Crippen LogP contribution in [-0.2, 0) is 4.79 Å². The summed E-state index contributed by atoms with van der Waals surface area (Å²) < 4.78 is 0. The molecule has 1 heterocycles. The van der Waals surface area contributed by atoms with Crippen LogP contribution < -0.4 is 5.32 Å². The maximum Gasteiger partial charge on any atom is 0.237 e. The third-order valence-corrected chi connectivity index (χ3v) is 3.51. The molecule has 0 spiro atoms. The van der Waals surface area contributed by atoms with Crippen molar-refractivity contribution in [1.29, 1.82) is 0 Å². The molecule has 0 aliphatic carbocycles. The van der Waals surface area contributed by atoms with Gasteiger partial charge in [0.15, 0.2) is 0 Å². The van der Waals surface area contributed by atoms with Gasteiger partial charge in [-0.05, 0) is 40.5 Å². The first kappa shape index (κ1) is 13.5. The molecule has 16 heavy (non-hydrogen) atoms. The molecule has 0 aromatic heterocycles. The van der Waals surface area contributed by atoms with Crippen molar-refractivity contribution in [3.63, 3.8) is 0 Å². The summed E-state index contributed by atoms with van der Waals surface area (Å²) in [6, 6.07) is 0.671. The molecule has 4 heteroatoms. The van der Waals surface area contributed by atoms with Gasteiger partial charge in [0.05, 0.1) is 12.6 Å². The number of aliphatic hydroxyl groups excluding tert-OH is 1. The Kier molecular flexibility index (Phi) is 4.74. The highest BCUT2D eigenvalue weighted by Gasteiger charge is 2.34. The lowest BCUT2D eigenvalue weighted by molar-refractivity contribution is -0.127. The number of nitrogens with zero attached hydrogens (tertiary/aromatic N) is 1. The summed E-state index contributed by atoms with van der Waals surface area (Å²) in [5.74, 6) is 0.0159. The van der Waals surface area contributed by atoms with Gasteiger partial charge >= 0.3 is 0 Å². The summed E-state index contributed by atoms with van der Waals surface area (Å²) in [5, 5.41) is 11.7. The minimum Gasteiger partial charge on any atom is -0.394 e. The van der Waals surface area contributed by atoms with E-state index in [0.29, 0.717) is 12.1 Å². The SMILES string of the molecule is C[C@@H]1CC[C@H](C)N1[C@@H](C)C(=O)N[C@@H](C)CO. The van der Waals surface area contributed by atoms with Crippen LogP contribution >= 0.6 is 0 Å². The Bertz CT molecular complexity index is 235. The number of aliphatic hydroxyl groups is 1. The highest BCUT2D eigenvalue weighted by molar-refractivity contribution is 5.81. The van der Waals surface area contributed by atoms with Crippen LogP contribution in [0.4, 0.5) is 0 Å². The molecule has 1 aliphatic heterocycles. The third kappa shape index (κ3) is 2.95. The summed E-state index contributed by atoms with van der Waals surface area (Å²) in [6.45, 7) is 8.08. The molecule has 1 rings (SSSR count). The Balaban J connectivity index is 2.55. The summed E-state index contributed by atoms with van der Waals surface area (Å²) in [5.41, 5.74) is 0. The number of amides is 1. The average Bonchev–Trinajstić information content (AvgIpc) is 2.57. The lowest BCUT2D eigenvalue weighted by Gasteiger charge is -2.32. The predicted octanol–water partition coefficient (Wildman–Crippen LogP) is 0.745. The molecule has 0 bridgehead atoms. The van der Waals surface area contributed by atoms with Crippen LogP contribution in [0.25, 0.3) is 0 Å². The molecule has 2 N–H and O–H groups in total. The van der Waals surface area contributed by atoms with Crippen molar-refractivity contribution in [3.05, 3.63) is 0 Å². The van der Waals surface area contributed by atoms with Crippen LogP contribution in [-0.4, -0.2) is 46.7 Å². The van der Waals surface area contributed by atoms with Gasteiger partial charge in [0.1, 0.15) is 0 Å². The van der Waals surface area contributed by atoms with Crippen LogP contribution in [0, 0.1) is 0 Å². The Hall–Kier alpha value is -0.610. The van der Waals surface area contributed by atoms with Crippen LogP contribution in [0.15, 0.2) is 0 Å². The predicted molar refractivity (Wildman–Crippen MR) is 64.1 cm³/mol. The Morgan fingerprint density at radius 3 is 2.31 bits per heavy atom. The monoisotopic (exact) mass is 228 g/mol. The van der Waals surface area contributed by atoms with Gasteiger partial charge < -0.3 is 10.4 Å². The molecule has 0 unspecified atom stereocenters. The molecule has 1 fully saturated rings. The van der Waals surface area contributed by atoms with Gasteiger partial charge in [-0.15, -0.1) is 0 Å². The number of carbonyl (C=O) groups excluding carboxylic acids is 1. The van der Waals surface area contributed by atoms with E-state index in [0.717, 1.165) is 12.8 Å². The van der Waals surface area contributed by atoms with Crippen LogP contribution in [0.3, 0.4) is 0 Å². The summed E-state index contributed by atoms with van der Waals surface area (Å²) in [7, 11) is 0. The quantitative estimate of drug-likeness (QED) is 0.746. The molecule has 1 aliphatic rings. The lowest BCUT2D eigenvalue weighted by Crippen LogP contribution is -2.51. The molecule has 0 aromatic carbocycles. The number of carbonyl (C=O) groups is 1. The van der Waals surface area contributed by atoms with E-state index in [1.165, 1.54) is 0 Å². The van der Waals surface area contributed by atoms with E-state index in [9.17, 15) is 4.79 Å². The van der Waals surface area contributed by atoms with Crippen LogP contribution in [0.2, 0.25) is 0 Å². The van der Waals surface area contributed by atoms with Crippen LogP contribution in [0.5, 0.6) is 0 Å². The molecule has 4 atom stereocenters. The second-order valence-electron chi connectivity index (χ2n) is 4.99. The zero-order valence-electron chi connectivity index (χ0n) is 10.7. The molecular weight excluding hydrogens is 204 g/mol. The second kappa shape index (κ2) is 5.64. The van der Waals surface area contributed by atoms with Gasteiger partial charge in [0.2, 0.25) is 5.91 Å². The topological polar surface area (TPSA) is 52.6 Å². The first-order valence-electron chi connectivity index (χ1n) is 6.16. The molecule has 4 nitrogen and oxygen atoms in total. The molecule has 94 valence electrons. The Labute approximate surface area is 98.0 Å². The van der Waals surface area contributed by atoms with Gasteiger partial charge in [-0.1, -0.05) is 0 Å². The minimum absolute atomic E-state index is 0.0104. The van der Waals surface area contributed by atoms with E-state index >= 15 is 0 Å². The van der Waals surface area contributed by atoms with Crippen molar-refractivity contribution in [2.24, 2.45) is 0 Å². The zero-order chi connectivity index (χ0) is 12.3. The molecule has 0 radical (unpaired) electrons. The van der Waals surface area contributed by atoms with Crippen molar-refractivity contribution in [1.82, 2.24) is 10.2 Å². The average molecular weight is 228 g/mol. The highest BCUT2D eigenvalue weighted by atomic mass is 16.3. The first-order chi connectivity index (χ1) is 7.47. The van der Waals surface area contributed by atoms with Crippen molar-refractivity contribution in [2.45, 2.75) is 64.7 Å². The van der Waals surface area contributed by atoms with Gasteiger partial charge in [-0.3, -0.25) is 9.69 Å². The summed E-state index contributed by atoms with van der Waals surface area (Å²) in [4.78, 5) is 14.2. The molecule has 0 aromatic rings. The van der Waals surface area contributed by atoms with E-state index in [1.807, 2.05) is 13.8 Å². The van der Waals surface area contributed by atoms with Gasteiger partial charge in [-0.2, -0.15) is 0 Å². The normalized spacial score (nSPS) is 30.1. The fourth-order valence-electron chi connectivity index (χ4n) is 2.52. The van der Waals surface area contributed by atoms with Crippen molar-refractivity contribution < 1.29 is 9.90 Å². The van der Waals surface area contributed by atoms with E-state index in [-0.39, 0.29) is 24.6 Å². The number of rotatable bonds is 4. The minimum atomic E-state index is -0.164. The Morgan fingerprint density at radius 1 is 1.38 bits per heavy atom. The van der Waals surface area contributed by atoms with Crippen LogP contribution in [0.1, 0.15) is 40.5 Å². The number of nitrogens with one attached hydrogen (secondary N) is 1. The second-order valence-corrected chi connectivity index (χ2v) is 4.99. The molecule has 1 amide bonds. The van der Waals surface area contributed by atoms with E-state index in [4.69, 9.17) is 5.11 Å². The van der Waals surface area contributed by atoms with Gasteiger partial charge in [0, 0.05) is 18.1 Å². The van der Waals surface area contributed by atoms with Gasteiger partial charge in [0.25, 0.3) is 0 Å². The van der Waals surface area contributed by atoms with Gasteiger partial charge in [-0.25, -0.2) is 0 Å². The van der Waals surface area contributed by atoms with E-state index in [2.05, 4.69) is 24.1 Å². The number of likely N-dealkylation sites (tertiary alicyclic amines) is 1. The molecule has 1 saturated heterocycles. The van der Waals surface area contributed by atoms with Crippen molar-refractivity contribution >= 4 is 5.91 Å². The maximum absolute atomic E-state index is 11.9. The lowest BCUT2D eigenvalue weighted by atomic mass is 10.2. The standard InChI is InChI=1S/C12H24N2O2/c1-8(7-15)13-12(16)11(4)14-9(2)5-6-10(14)3/h8-11,15H,5-7H2,1-4H3,(H,13,16)/t8-,9-,10+,11-/m0/s1. The highest BCUT2D eigenvalue weighted by Crippen LogP contribution is 2.25. The fraction of sp³-hybridized carbons (Fsp3) is 0.917. The van der Waals surface area contributed by atoms with E-state index in [1.54, 1.807) is 0 Å². The number of hydrogen-bond acceptors (Lipinski definition) is 3. The molecular formula is C12H24N2O2. The number of hydrogen-bond donors (Lipinski definition) is 2. The summed E-state index contributed by atoms with van der Waals surface area (Å²) >= 11 is 0.